The summed E-state index contributed by atoms with van der Waals surface area (Å²) in [6.45, 7) is 6.94. The molecule has 1 aliphatic rings. The van der Waals surface area contributed by atoms with Crippen LogP contribution in [0.3, 0.4) is 0 Å². The van der Waals surface area contributed by atoms with Gasteiger partial charge in [-0.2, -0.15) is 0 Å². The van der Waals surface area contributed by atoms with Crippen molar-refractivity contribution in [1.29, 1.82) is 0 Å². The lowest BCUT2D eigenvalue weighted by atomic mass is 10.0. The molecule has 1 saturated heterocycles. The quantitative estimate of drug-likeness (QED) is 0.688. The zero-order chi connectivity index (χ0) is 20.4. The highest BCUT2D eigenvalue weighted by molar-refractivity contribution is 6.04. The summed E-state index contributed by atoms with van der Waals surface area (Å²) in [5.74, 6) is 0.251. The second kappa shape index (κ2) is 7.91. The van der Waals surface area contributed by atoms with Gasteiger partial charge in [0.15, 0.2) is 0 Å². The number of para-hydroxylation sites is 1. The molecule has 2 aromatic carbocycles. The van der Waals surface area contributed by atoms with Gasteiger partial charge in [0.2, 0.25) is 11.9 Å². The average Bonchev–Trinajstić information content (AvgIpc) is 3.13. The number of aromatic nitrogens is 2. The number of rotatable bonds is 4. The molecule has 1 fully saturated rings. The van der Waals surface area contributed by atoms with Gasteiger partial charge in [-0.15, -0.1) is 0 Å². The largest absolute Gasteiger partial charge is 0.337 e. The molecule has 1 N–H and O–H groups in total. The maximum Gasteiger partial charge on any atom is 0.257 e. The molecule has 29 heavy (non-hydrogen) atoms. The van der Waals surface area contributed by atoms with Crippen molar-refractivity contribution < 1.29 is 9.59 Å². The molecule has 2 amide bonds. The van der Waals surface area contributed by atoms with E-state index in [4.69, 9.17) is 4.98 Å². The molecule has 0 aliphatic carbocycles. The van der Waals surface area contributed by atoms with Gasteiger partial charge in [-0.05, 0) is 49.6 Å². The molecule has 1 atom stereocenters. The van der Waals surface area contributed by atoms with Gasteiger partial charge in [-0.25, -0.2) is 4.98 Å². The lowest BCUT2D eigenvalue weighted by molar-refractivity contribution is -0.127. The van der Waals surface area contributed by atoms with E-state index in [0.29, 0.717) is 18.1 Å². The second-order valence-corrected chi connectivity index (χ2v) is 7.35. The predicted molar refractivity (Wildman–Crippen MR) is 114 cm³/mol. The summed E-state index contributed by atoms with van der Waals surface area (Å²) in [5, 5.41) is 2.99. The Kier molecular flexibility index (Phi) is 5.16. The number of hydrogen-bond donors (Lipinski definition) is 1. The lowest BCUT2D eigenvalue weighted by Crippen LogP contribution is -2.40. The van der Waals surface area contributed by atoms with Crippen molar-refractivity contribution >= 4 is 28.8 Å². The second-order valence-electron chi connectivity index (χ2n) is 7.35. The molecular formula is C23H24N4O2. The zero-order valence-electron chi connectivity index (χ0n) is 16.5. The van der Waals surface area contributed by atoms with Gasteiger partial charge >= 0.3 is 0 Å². The van der Waals surface area contributed by atoms with Gasteiger partial charge < -0.3 is 9.47 Å². The number of nitrogens with zero attached hydrogens (tertiary/aromatic N) is 3. The summed E-state index contributed by atoms with van der Waals surface area (Å²) in [4.78, 5) is 31.5. The minimum Gasteiger partial charge on any atom is -0.337 e. The summed E-state index contributed by atoms with van der Waals surface area (Å²) >= 11 is 0. The van der Waals surface area contributed by atoms with Gasteiger partial charge in [0.1, 0.15) is 0 Å². The van der Waals surface area contributed by atoms with Gasteiger partial charge in [0.05, 0.1) is 17.1 Å². The Morgan fingerprint density at radius 3 is 2.72 bits per heavy atom. The average molecular weight is 388 g/mol. The molecule has 6 nitrogen and oxygen atoms in total. The Labute approximate surface area is 169 Å². The van der Waals surface area contributed by atoms with Crippen molar-refractivity contribution in [2.75, 3.05) is 18.4 Å². The van der Waals surface area contributed by atoms with Crippen molar-refractivity contribution in [2.24, 2.45) is 0 Å². The first kappa shape index (κ1) is 18.9. The summed E-state index contributed by atoms with van der Waals surface area (Å²) in [7, 11) is 0. The number of imidazole rings is 1. The maximum atomic E-state index is 12.8. The Hall–Kier alpha value is -3.41. The van der Waals surface area contributed by atoms with Crippen molar-refractivity contribution in [3.8, 4) is 0 Å². The number of anilines is 1. The Morgan fingerprint density at radius 2 is 1.97 bits per heavy atom. The van der Waals surface area contributed by atoms with E-state index in [1.165, 1.54) is 6.08 Å². The summed E-state index contributed by atoms with van der Waals surface area (Å²) in [6.07, 6.45) is 3.16. The minimum atomic E-state index is -0.199. The van der Waals surface area contributed by atoms with Crippen LogP contribution in [-0.4, -0.2) is 39.4 Å². The number of hydrogen-bond acceptors (Lipinski definition) is 3. The van der Waals surface area contributed by atoms with Crippen LogP contribution in [0.1, 0.15) is 34.8 Å². The monoisotopic (exact) mass is 388 g/mol. The first-order valence-corrected chi connectivity index (χ1v) is 9.84. The minimum absolute atomic E-state index is 0.0322. The van der Waals surface area contributed by atoms with Crippen molar-refractivity contribution in [3.63, 3.8) is 0 Å². The van der Waals surface area contributed by atoms with E-state index in [1.807, 2.05) is 48.2 Å². The number of likely N-dealkylation sites (tertiary alicyclic amines) is 1. The van der Waals surface area contributed by atoms with Gasteiger partial charge in [0.25, 0.3) is 5.91 Å². The number of aryl methyl sites for hydroxylation is 1. The summed E-state index contributed by atoms with van der Waals surface area (Å²) in [6, 6.07) is 15.1. The van der Waals surface area contributed by atoms with Crippen LogP contribution in [-0.2, 0) is 4.79 Å². The summed E-state index contributed by atoms with van der Waals surface area (Å²) in [5.41, 5.74) is 3.49. The smallest absolute Gasteiger partial charge is 0.257 e. The van der Waals surface area contributed by atoms with Crippen molar-refractivity contribution in [3.05, 3.63) is 72.3 Å². The highest BCUT2D eigenvalue weighted by Crippen LogP contribution is 2.32. The first-order chi connectivity index (χ1) is 14.1. The van der Waals surface area contributed by atoms with Crippen LogP contribution in [0.25, 0.3) is 11.0 Å². The van der Waals surface area contributed by atoms with E-state index in [9.17, 15) is 9.59 Å². The Balaban J connectivity index is 1.75. The predicted octanol–water partition coefficient (Wildman–Crippen LogP) is 3.95. The highest BCUT2D eigenvalue weighted by Gasteiger charge is 2.28. The molecule has 0 unspecified atom stereocenters. The Bertz CT molecular complexity index is 1070. The van der Waals surface area contributed by atoms with E-state index in [0.717, 1.165) is 36.0 Å². The van der Waals surface area contributed by atoms with Crippen LogP contribution in [0.15, 0.2) is 61.2 Å². The SMILES string of the molecule is C=CC(=O)N1CCC[C@@H](n2c(NC(=O)c3ccccc3)nc3cccc(C)c32)C1. The first-order valence-electron chi connectivity index (χ1n) is 9.84. The van der Waals surface area contributed by atoms with E-state index >= 15 is 0 Å². The Morgan fingerprint density at radius 1 is 1.17 bits per heavy atom. The molecule has 148 valence electrons. The molecule has 4 rings (SSSR count). The molecule has 3 aromatic rings. The van der Waals surface area contributed by atoms with E-state index in [-0.39, 0.29) is 17.9 Å². The third-order valence-corrected chi connectivity index (χ3v) is 5.42. The molecule has 0 saturated carbocycles. The van der Waals surface area contributed by atoms with E-state index in [1.54, 1.807) is 12.1 Å². The molecular weight excluding hydrogens is 364 g/mol. The fourth-order valence-electron chi connectivity index (χ4n) is 4.02. The van der Waals surface area contributed by atoms with Crippen molar-refractivity contribution in [2.45, 2.75) is 25.8 Å². The third-order valence-electron chi connectivity index (χ3n) is 5.42. The number of nitrogens with one attached hydrogen (secondary N) is 1. The molecule has 1 aromatic heterocycles. The summed E-state index contributed by atoms with van der Waals surface area (Å²) < 4.78 is 2.09. The molecule has 0 bridgehead atoms. The number of benzene rings is 2. The topological polar surface area (TPSA) is 67.2 Å². The van der Waals surface area contributed by atoms with Crippen LogP contribution < -0.4 is 5.32 Å². The lowest BCUT2D eigenvalue weighted by Gasteiger charge is -2.34. The number of fused-ring (bicyclic) bond motifs is 1. The molecule has 0 spiro atoms. The fourth-order valence-corrected chi connectivity index (χ4v) is 4.02. The molecule has 0 radical (unpaired) electrons. The van der Waals surface area contributed by atoms with Crippen LogP contribution in [0.4, 0.5) is 5.95 Å². The maximum absolute atomic E-state index is 12.8. The van der Waals surface area contributed by atoms with Gasteiger partial charge in [0, 0.05) is 18.7 Å². The number of piperidine rings is 1. The van der Waals surface area contributed by atoms with Crippen LogP contribution >= 0.6 is 0 Å². The van der Waals surface area contributed by atoms with Gasteiger partial charge in [-0.3, -0.25) is 14.9 Å². The molecule has 1 aliphatic heterocycles. The van der Waals surface area contributed by atoms with Crippen LogP contribution in [0.2, 0.25) is 0 Å². The third kappa shape index (κ3) is 3.66. The van der Waals surface area contributed by atoms with Crippen molar-refractivity contribution in [1.82, 2.24) is 14.5 Å². The van der Waals surface area contributed by atoms with E-state index < -0.39 is 0 Å². The van der Waals surface area contributed by atoms with Crippen LogP contribution in [0.5, 0.6) is 0 Å². The van der Waals surface area contributed by atoms with Gasteiger partial charge in [-0.1, -0.05) is 36.9 Å². The normalized spacial score (nSPS) is 16.6. The standard InChI is InChI=1S/C23H24N4O2/c1-3-20(28)26-14-8-12-18(15-26)27-21-16(2)9-7-13-19(21)24-23(27)25-22(29)17-10-5-4-6-11-17/h3-7,9-11,13,18H,1,8,12,14-15H2,2H3,(H,24,25,29)/t18-/m1/s1. The van der Waals surface area contributed by atoms with Crippen LogP contribution in [0, 0.1) is 6.92 Å². The number of amides is 2. The van der Waals surface area contributed by atoms with E-state index in [2.05, 4.69) is 16.5 Å². The number of carbonyl (C=O) groups excluding carboxylic acids is 2. The fraction of sp³-hybridized carbons (Fsp3) is 0.261. The highest BCUT2D eigenvalue weighted by atomic mass is 16.2. The zero-order valence-corrected chi connectivity index (χ0v) is 16.5. The molecule has 6 heteroatoms. The number of carbonyl (C=O) groups is 2. The molecule has 2 heterocycles.